The van der Waals surface area contributed by atoms with Gasteiger partial charge in [-0.05, 0) is 55.0 Å². The molecule has 0 saturated heterocycles. The molecule has 0 unspecified atom stereocenters. The van der Waals surface area contributed by atoms with Crippen LogP contribution in [0.1, 0.15) is 68.2 Å². The molecule has 8 heteroatoms. The van der Waals surface area contributed by atoms with Crippen LogP contribution in [0.15, 0.2) is 47.4 Å². The SMILES string of the molecule is CC(=O)Nc1ccc(C)cc1S(=O)(=O)N1CCc2ccccc2[C@H]1CC(=O)NC1CCCCC1. The molecule has 1 aliphatic carbocycles. The smallest absolute Gasteiger partial charge is 0.245 e. The summed E-state index contributed by atoms with van der Waals surface area (Å²) in [5, 5.41) is 5.79. The van der Waals surface area contributed by atoms with Crippen LogP contribution in [0.5, 0.6) is 0 Å². The van der Waals surface area contributed by atoms with Gasteiger partial charge in [0.1, 0.15) is 4.90 Å². The molecule has 7 nitrogen and oxygen atoms in total. The molecule has 2 aromatic rings. The first kappa shape index (κ1) is 24.4. The molecule has 1 fully saturated rings. The summed E-state index contributed by atoms with van der Waals surface area (Å²) in [6.45, 7) is 3.44. The van der Waals surface area contributed by atoms with Crippen LogP contribution in [0.2, 0.25) is 0 Å². The topological polar surface area (TPSA) is 95.6 Å². The number of carbonyl (C=O) groups is 2. The second kappa shape index (κ2) is 10.3. The van der Waals surface area contributed by atoms with Gasteiger partial charge in [0.15, 0.2) is 0 Å². The zero-order chi connectivity index (χ0) is 24.3. The predicted octanol–water partition coefficient (Wildman–Crippen LogP) is 4.08. The number of benzene rings is 2. The second-order valence-corrected chi connectivity index (χ2v) is 11.2. The number of anilines is 1. The highest BCUT2D eigenvalue weighted by Gasteiger charge is 2.39. The quantitative estimate of drug-likeness (QED) is 0.647. The maximum Gasteiger partial charge on any atom is 0.245 e. The van der Waals surface area contributed by atoms with Crippen molar-refractivity contribution in [1.82, 2.24) is 9.62 Å². The lowest BCUT2D eigenvalue weighted by molar-refractivity contribution is -0.123. The van der Waals surface area contributed by atoms with Crippen LogP contribution in [0.25, 0.3) is 0 Å². The molecular formula is C26H33N3O4S. The van der Waals surface area contributed by atoms with Crippen molar-refractivity contribution in [2.24, 2.45) is 0 Å². The van der Waals surface area contributed by atoms with E-state index in [1.165, 1.54) is 17.6 Å². The van der Waals surface area contributed by atoms with Gasteiger partial charge in [0.25, 0.3) is 0 Å². The zero-order valence-corrected chi connectivity index (χ0v) is 20.7. The minimum Gasteiger partial charge on any atom is -0.353 e. The summed E-state index contributed by atoms with van der Waals surface area (Å²) < 4.78 is 29.4. The van der Waals surface area contributed by atoms with Crippen LogP contribution < -0.4 is 10.6 Å². The summed E-state index contributed by atoms with van der Waals surface area (Å²) in [7, 11) is -3.99. The molecule has 0 aromatic heterocycles. The van der Waals surface area contributed by atoms with Crippen molar-refractivity contribution in [2.75, 3.05) is 11.9 Å². The molecule has 0 bridgehead atoms. The van der Waals surface area contributed by atoms with Crippen LogP contribution in [0.3, 0.4) is 0 Å². The van der Waals surface area contributed by atoms with E-state index in [4.69, 9.17) is 0 Å². The summed E-state index contributed by atoms with van der Waals surface area (Å²) in [4.78, 5) is 24.9. The Balaban J connectivity index is 1.68. The van der Waals surface area contributed by atoms with Crippen molar-refractivity contribution < 1.29 is 18.0 Å². The van der Waals surface area contributed by atoms with E-state index in [-0.39, 0.29) is 41.4 Å². The average Bonchev–Trinajstić information content (AvgIpc) is 2.80. The van der Waals surface area contributed by atoms with Gasteiger partial charge in [0, 0.05) is 25.9 Å². The van der Waals surface area contributed by atoms with Gasteiger partial charge in [-0.2, -0.15) is 4.31 Å². The average molecular weight is 484 g/mol. The lowest BCUT2D eigenvalue weighted by Crippen LogP contribution is -2.44. The van der Waals surface area contributed by atoms with E-state index in [1.807, 2.05) is 31.2 Å². The third-order valence-corrected chi connectivity index (χ3v) is 8.69. The molecule has 2 N–H and O–H groups in total. The lowest BCUT2D eigenvalue weighted by atomic mass is 9.91. The Bertz CT molecular complexity index is 1170. The molecule has 2 aliphatic rings. The van der Waals surface area contributed by atoms with Gasteiger partial charge in [0.2, 0.25) is 21.8 Å². The van der Waals surface area contributed by atoms with E-state index in [1.54, 1.807) is 18.2 Å². The lowest BCUT2D eigenvalue weighted by Gasteiger charge is -2.37. The Morgan fingerprint density at radius 3 is 2.53 bits per heavy atom. The highest BCUT2D eigenvalue weighted by atomic mass is 32.2. The number of nitrogens with zero attached hydrogens (tertiary/aromatic N) is 1. The summed E-state index contributed by atoms with van der Waals surface area (Å²) in [6, 6.07) is 12.3. The Morgan fingerprint density at radius 1 is 1.06 bits per heavy atom. The third kappa shape index (κ3) is 5.33. The molecule has 182 valence electrons. The monoisotopic (exact) mass is 483 g/mol. The maximum atomic E-state index is 14.0. The summed E-state index contributed by atoms with van der Waals surface area (Å²) >= 11 is 0. The number of aryl methyl sites for hydroxylation is 1. The first-order valence-electron chi connectivity index (χ1n) is 12.0. The first-order chi connectivity index (χ1) is 16.3. The van der Waals surface area contributed by atoms with E-state index < -0.39 is 16.1 Å². The fourth-order valence-electron chi connectivity index (χ4n) is 5.10. The van der Waals surface area contributed by atoms with Crippen LogP contribution in [-0.4, -0.2) is 37.1 Å². The van der Waals surface area contributed by atoms with Crippen molar-refractivity contribution in [3.63, 3.8) is 0 Å². The first-order valence-corrected chi connectivity index (χ1v) is 13.5. The molecule has 1 saturated carbocycles. The minimum absolute atomic E-state index is 0.0553. The highest BCUT2D eigenvalue weighted by Crippen LogP contribution is 2.38. The molecule has 4 rings (SSSR count). The fourth-order valence-corrected chi connectivity index (χ4v) is 6.94. The number of fused-ring (bicyclic) bond motifs is 1. The van der Waals surface area contributed by atoms with Crippen molar-refractivity contribution in [1.29, 1.82) is 0 Å². The molecular weight excluding hydrogens is 450 g/mol. The molecule has 1 aliphatic heterocycles. The Hall–Kier alpha value is -2.71. The van der Waals surface area contributed by atoms with Crippen LogP contribution in [0, 0.1) is 6.92 Å². The van der Waals surface area contributed by atoms with Gasteiger partial charge in [-0.15, -0.1) is 0 Å². The Labute approximate surface area is 202 Å². The Kier molecular flexibility index (Phi) is 7.38. The molecule has 34 heavy (non-hydrogen) atoms. The van der Waals surface area contributed by atoms with E-state index in [9.17, 15) is 18.0 Å². The van der Waals surface area contributed by atoms with E-state index in [2.05, 4.69) is 10.6 Å². The number of rotatable bonds is 6. The van der Waals surface area contributed by atoms with Gasteiger partial charge in [-0.1, -0.05) is 49.6 Å². The van der Waals surface area contributed by atoms with E-state index in [0.29, 0.717) is 6.42 Å². The van der Waals surface area contributed by atoms with Gasteiger partial charge >= 0.3 is 0 Å². The number of hydrogen-bond donors (Lipinski definition) is 2. The number of sulfonamides is 1. The van der Waals surface area contributed by atoms with Gasteiger partial charge < -0.3 is 10.6 Å². The van der Waals surface area contributed by atoms with Crippen LogP contribution in [0.4, 0.5) is 5.69 Å². The van der Waals surface area contributed by atoms with Crippen molar-refractivity contribution in [3.05, 3.63) is 59.2 Å². The van der Waals surface area contributed by atoms with Gasteiger partial charge in [0.05, 0.1) is 11.7 Å². The van der Waals surface area contributed by atoms with Crippen LogP contribution >= 0.6 is 0 Å². The Morgan fingerprint density at radius 2 is 1.79 bits per heavy atom. The van der Waals surface area contributed by atoms with Crippen LogP contribution in [-0.2, 0) is 26.0 Å². The predicted molar refractivity (Wildman–Crippen MR) is 132 cm³/mol. The molecule has 2 amide bonds. The molecule has 1 heterocycles. The molecule has 2 aromatic carbocycles. The zero-order valence-electron chi connectivity index (χ0n) is 19.8. The normalized spacial score (nSPS) is 19.3. The highest BCUT2D eigenvalue weighted by molar-refractivity contribution is 7.89. The van der Waals surface area contributed by atoms with Gasteiger partial charge in [-0.3, -0.25) is 9.59 Å². The second-order valence-electron chi connectivity index (χ2n) is 9.37. The number of amides is 2. The fraction of sp³-hybridized carbons (Fsp3) is 0.462. The van der Waals surface area contributed by atoms with E-state index in [0.717, 1.165) is 42.4 Å². The largest absolute Gasteiger partial charge is 0.353 e. The summed E-state index contributed by atoms with van der Waals surface area (Å²) in [5.41, 5.74) is 2.96. The standard InChI is InChI=1S/C26H33N3O4S/c1-18-12-13-23(27-19(2)30)25(16-18)34(32,33)29-15-14-20-8-6-7-11-22(20)24(29)17-26(31)28-21-9-4-3-5-10-21/h6-8,11-13,16,21,24H,3-5,9-10,14-15,17H2,1-2H3,(H,27,30)(H,28,31)/t24-/m1/s1. The van der Waals surface area contributed by atoms with E-state index >= 15 is 0 Å². The maximum absolute atomic E-state index is 14.0. The van der Waals surface area contributed by atoms with Gasteiger partial charge in [-0.25, -0.2) is 8.42 Å². The molecule has 0 radical (unpaired) electrons. The number of nitrogens with one attached hydrogen (secondary N) is 2. The van der Waals surface area contributed by atoms with Crippen molar-refractivity contribution in [2.45, 2.75) is 75.8 Å². The third-order valence-electron chi connectivity index (χ3n) is 6.75. The summed E-state index contributed by atoms with van der Waals surface area (Å²) in [6.07, 6.45) is 5.98. The molecule has 0 spiro atoms. The minimum atomic E-state index is -3.99. The summed E-state index contributed by atoms with van der Waals surface area (Å²) in [5.74, 6) is -0.465. The number of carbonyl (C=O) groups excluding carboxylic acids is 2. The van der Waals surface area contributed by atoms with Crippen molar-refractivity contribution >= 4 is 27.5 Å². The number of hydrogen-bond acceptors (Lipinski definition) is 4. The molecule has 1 atom stereocenters. The van der Waals surface area contributed by atoms with Crippen molar-refractivity contribution in [3.8, 4) is 0 Å².